The van der Waals surface area contributed by atoms with Crippen molar-refractivity contribution in [3.8, 4) is 11.7 Å². The van der Waals surface area contributed by atoms with Crippen molar-refractivity contribution in [2.45, 2.75) is 20.1 Å². The Morgan fingerprint density at radius 2 is 1.64 bits per heavy atom. The fourth-order valence-electron chi connectivity index (χ4n) is 3.27. The van der Waals surface area contributed by atoms with Gasteiger partial charge in [0.05, 0.1) is 5.69 Å². The number of aryl methyl sites for hydroxylation is 1. The van der Waals surface area contributed by atoms with E-state index in [9.17, 15) is 9.59 Å². The van der Waals surface area contributed by atoms with Crippen LogP contribution in [0.15, 0.2) is 83.8 Å². The van der Waals surface area contributed by atoms with Crippen molar-refractivity contribution in [1.82, 2.24) is 19.4 Å². The lowest BCUT2D eigenvalue weighted by molar-refractivity contribution is 0.111. The van der Waals surface area contributed by atoms with Crippen LogP contribution >= 0.6 is 0 Å². The second-order valence-electron chi connectivity index (χ2n) is 7.42. The minimum Gasteiger partial charge on any atom is -0.489 e. The van der Waals surface area contributed by atoms with Gasteiger partial charge in [0.15, 0.2) is 6.29 Å². The number of carbonyl (C=O) groups is 1. The summed E-state index contributed by atoms with van der Waals surface area (Å²) < 4.78 is 8.62. The molecule has 33 heavy (non-hydrogen) atoms. The lowest BCUT2D eigenvalue weighted by Crippen LogP contribution is -2.20. The molecule has 0 fully saturated rings. The summed E-state index contributed by atoms with van der Waals surface area (Å²) in [6.07, 6.45) is 2.33. The summed E-state index contributed by atoms with van der Waals surface area (Å²) in [4.78, 5) is 27.7. The van der Waals surface area contributed by atoms with Crippen LogP contribution in [0.4, 0.5) is 0 Å². The van der Waals surface area contributed by atoms with Crippen molar-refractivity contribution in [1.29, 1.82) is 0 Å². The number of nitrogens with one attached hydrogen (secondary N) is 1. The Morgan fingerprint density at radius 3 is 2.18 bits per heavy atom. The Hall–Kier alpha value is -3.97. The number of rotatable bonds is 7. The fourth-order valence-corrected chi connectivity index (χ4v) is 3.27. The first-order valence-corrected chi connectivity index (χ1v) is 10.6. The van der Waals surface area contributed by atoms with Crippen molar-refractivity contribution >= 4 is 6.29 Å². The lowest BCUT2D eigenvalue weighted by atomic mass is 10.2. The van der Waals surface area contributed by atoms with Gasteiger partial charge in [-0.1, -0.05) is 60.7 Å². The zero-order chi connectivity index (χ0) is 23.6. The molecule has 0 aliphatic carbocycles. The smallest absolute Gasteiger partial charge is 0.261 e. The SMILES string of the molecule is CNCc1ccccc1.Cc1nc(-n2ccc(OCc3ccccc3)cc2=O)n(C)c1C=O. The van der Waals surface area contributed by atoms with Crippen LogP contribution in [0, 0.1) is 6.92 Å². The molecule has 170 valence electrons. The molecule has 0 atom stereocenters. The van der Waals surface area contributed by atoms with Crippen molar-refractivity contribution in [2.75, 3.05) is 7.05 Å². The number of carbonyl (C=O) groups excluding carboxylic acids is 1. The molecule has 0 amide bonds. The van der Waals surface area contributed by atoms with E-state index < -0.39 is 0 Å². The first-order valence-electron chi connectivity index (χ1n) is 10.6. The van der Waals surface area contributed by atoms with Gasteiger partial charge in [-0.2, -0.15) is 0 Å². The van der Waals surface area contributed by atoms with Crippen LogP contribution in [-0.4, -0.2) is 27.5 Å². The summed E-state index contributed by atoms with van der Waals surface area (Å²) in [7, 11) is 3.65. The fraction of sp³-hybridized carbons (Fsp3) is 0.192. The lowest BCUT2D eigenvalue weighted by Gasteiger charge is -2.09. The molecule has 0 saturated carbocycles. The third-order valence-corrected chi connectivity index (χ3v) is 4.99. The van der Waals surface area contributed by atoms with Crippen molar-refractivity contribution in [2.24, 2.45) is 7.05 Å². The molecule has 2 aromatic carbocycles. The highest BCUT2D eigenvalue weighted by Gasteiger charge is 2.13. The Balaban J connectivity index is 0.000000286. The third-order valence-electron chi connectivity index (χ3n) is 4.99. The number of aldehydes is 1. The molecule has 0 aliphatic rings. The van der Waals surface area contributed by atoms with E-state index in [4.69, 9.17) is 4.74 Å². The summed E-state index contributed by atoms with van der Waals surface area (Å²) in [6.45, 7) is 3.08. The standard InChI is InChI=1S/C18H17N3O3.C8H11N/c1-13-16(11-22)20(2)18(19-13)21-9-8-15(10-17(21)23)24-12-14-6-4-3-5-7-14;1-9-7-8-5-3-2-4-6-8/h3-11H,12H2,1-2H3;2-6,9H,7H2,1H3. The van der Waals surface area contributed by atoms with Gasteiger partial charge in [-0.05, 0) is 31.2 Å². The molecule has 4 rings (SSSR count). The first kappa shape index (κ1) is 23.7. The number of hydrogen-bond donors (Lipinski definition) is 1. The predicted molar refractivity (Wildman–Crippen MR) is 129 cm³/mol. The summed E-state index contributed by atoms with van der Waals surface area (Å²) in [5.41, 5.74) is 3.11. The number of benzene rings is 2. The molecule has 0 unspecified atom stereocenters. The average molecular weight is 445 g/mol. The van der Waals surface area contributed by atoms with E-state index in [-0.39, 0.29) is 5.56 Å². The second-order valence-corrected chi connectivity index (χ2v) is 7.42. The Kier molecular flexibility index (Phi) is 8.32. The first-order chi connectivity index (χ1) is 16.0. The number of aromatic nitrogens is 3. The number of ether oxygens (including phenoxy) is 1. The molecule has 0 spiro atoms. The molecule has 2 aromatic heterocycles. The van der Waals surface area contributed by atoms with Gasteiger partial charge in [0, 0.05) is 25.9 Å². The van der Waals surface area contributed by atoms with Gasteiger partial charge >= 0.3 is 0 Å². The average Bonchev–Trinajstić information content (AvgIpc) is 3.12. The Morgan fingerprint density at radius 1 is 1.00 bits per heavy atom. The van der Waals surface area contributed by atoms with E-state index in [2.05, 4.69) is 22.4 Å². The summed E-state index contributed by atoms with van der Waals surface area (Å²) in [5.74, 6) is 0.885. The minimum absolute atomic E-state index is 0.272. The van der Waals surface area contributed by atoms with Gasteiger partial charge in [-0.25, -0.2) is 4.98 Å². The van der Waals surface area contributed by atoms with Gasteiger partial charge in [0.25, 0.3) is 5.56 Å². The number of pyridine rings is 1. The quantitative estimate of drug-likeness (QED) is 0.440. The van der Waals surface area contributed by atoms with E-state index >= 15 is 0 Å². The Bertz CT molecular complexity index is 1230. The highest BCUT2D eigenvalue weighted by molar-refractivity contribution is 5.74. The molecular weight excluding hydrogens is 416 g/mol. The van der Waals surface area contributed by atoms with Crippen LogP contribution in [0.25, 0.3) is 5.95 Å². The number of hydrogen-bond acceptors (Lipinski definition) is 5. The normalized spacial score (nSPS) is 10.3. The van der Waals surface area contributed by atoms with E-state index in [1.54, 1.807) is 30.8 Å². The van der Waals surface area contributed by atoms with Crippen LogP contribution in [0.1, 0.15) is 27.3 Å². The van der Waals surface area contributed by atoms with Crippen molar-refractivity contribution in [3.63, 3.8) is 0 Å². The molecule has 2 heterocycles. The van der Waals surface area contributed by atoms with Crippen LogP contribution in [-0.2, 0) is 20.2 Å². The monoisotopic (exact) mass is 444 g/mol. The van der Waals surface area contributed by atoms with E-state index in [1.165, 1.54) is 16.2 Å². The van der Waals surface area contributed by atoms with Crippen LogP contribution in [0.3, 0.4) is 0 Å². The zero-order valence-corrected chi connectivity index (χ0v) is 19.1. The predicted octanol–water partition coefficient (Wildman–Crippen LogP) is 3.68. The largest absolute Gasteiger partial charge is 0.489 e. The number of nitrogens with zero attached hydrogens (tertiary/aromatic N) is 3. The minimum atomic E-state index is -0.272. The van der Waals surface area contributed by atoms with Gasteiger partial charge in [-0.3, -0.25) is 14.2 Å². The molecule has 7 heteroatoms. The molecule has 4 aromatic rings. The third kappa shape index (κ3) is 6.27. The highest BCUT2D eigenvalue weighted by atomic mass is 16.5. The van der Waals surface area contributed by atoms with Gasteiger partial charge in [0.2, 0.25) is 5.95 Å². The van der Waals surface area contributed by atoms with Gasteiger partial charge in [0.1, 0.15) is 18.1 Å². The Labute approximate surface area is 193 Å². The van der Waals surface area contributed by atoms with E-state index in [1.807, 2.05) is 55.6 Å². The van der Waals surface area contributed by atoms with E-state index in [0.29, 0.717) is 29.7 Å². The van der Waals surface area contributed by atoms with E-state index in [0.717, 1.165) is 18.4 Å². The van der Waals surface area contributed by atoms with Crippen molar-refractivity contribution < 1.29 is 9.53 Å². The maximum atomic E-state index is 12.4. The van der Waals surface area contributed by atoms with Crippen LogP contribution < -0.4 is 15.6 Å². The van der Waals surface area contributed by atoms with Crippen LogP contribution in [0.2, 0.25) is 0 Å². The topological polar surface area (TPSA) is 78.2 Å². The summed E-state index contributed by atoms with van der Waals surface area (Å²) >= 11 is 0. The maximum Gasteiger partial charge on any atom is 0.261 e. The van der Waals surface area contributed by atoms with Gasteiger partial charge in [-0.15, -0.1) is 0 Å². The molecular formula is C26H28N4O3. The molecule has 0 radical (unpaired) electrons. The van der Waals surface area contributed by atoms with Crippen LogP contribution in [0.5, 0.6) is 5.75 Å². The molecule has 0 aliphatic heterocycles. The maximum absolute atomic E-state index is 12.4. The summed E-state index contributed by atoms with van der Waals surface area (Å²) in [6, 6.07) is 23.2. The zero-order valence-electron chi connectivity index (χ0n) is 19.1. The summed E-state index contributed by atoms with van der Waals surface area (Å²) in [5, 5.41) is 3.08. The molecule has 0 saturated heterocycles. The van der Waals surface area contributed by atoms with Gasteiger partial charge < -0.3 is 14.6 Å². The highest BCUT2D eigenvalue weighted by Crippen LogP contribution is 2.14. The molecule has 1 N–H and O–H groups in total. The second kappa shape index (κ2) is 11.6. The molecule has 0 bridgehead atoms. The van der Waals surface area contributed by atoms with Crippen molar-refractivity contribution in [3.05, 3.63) is 112 Å². The molecule has 7 nitrogen and oxygen atoms in total. The number of imidazole rings is 1.